The van der Waals surface area contributed by atoms with Gasteiger partial charge >= 0.3 is 0 Å². The molecule has 130 valence electrons. The first-order valence-electron chi connectivity index (χ1n) is 10.3. The first-order chi connectivity index (χ1) is 10.3. The largest absolute Gasteiger partial charge is 0.0628 e. The summed E-state index contributed by atoms with van der Waals surface area (Å²) in [6, 6.07) is 0. The molecule has 4 atom stereocenters. The van der Waals surface area contributed by atoms with E-state index in [1.54, 1.807) is 0 Å². The van der Waals surface area contributed by atoms with Gasteiger partial charge in [0.25, 0.3) is 0 Å². The Kier molecular flexibility index (Phi) is 6.43. The molecule has 0 bridgehead atoms. The summed E-state index contributed by atoms with van der Waals surface area (Å²) >= 11 is 0. The Balaban J connectivity index is 1.90. The monoisotopic (exact) mass is 306 g/mol. The van der Waals surface area contributed by atoms with Gasteiger partial charge in [0.15, 0.2) is 0 Å². The van der Waals surface area contributed by atoms with Crippen LogP contribution in [0.2, 0.25) is 0 Å². The average molecular weight is 307 g/mol. The highest BCUT2D eigenvalue weighted by Gasteiger charge is 2.37. The molecule has 2 rings (SSSR count). The topological polar surface area (TPSA) is 0 Å². The van der Waals surface area contributed by atoms with Crippen LogP contribution in [0.15, 0.2) is 0 Å². The standard InChI is InChI=1S/C22H42/c1-14(2)8-20-11-17(5)22(18(6)12-20)13-21-9-15(3)19(7)16(4)10-21/h14-22H,8-13H2,1-7H3. The van der Waals surface area contributed by atoms with Gasteiger partial charge in [-0.05, 0) is 91.8 Å². The Morgan fingerprint density at radius 3 is 1.59 bits per heavy atom. The molecule has 0 N–H and O–H groups in total. The average Bonchev–Trinajstić information content (AvgIpc) is 2.39. The van der Waals surface area contributed by atoms with Crippen LogP contribution in [0, 0.1) is 53.3 Å². The molecule has 22 heavy (non-hydrogen) atoms. The molecule has 0 saturated heterocycles. The molecule has 2 saturated carbocycles. The minimum absolute atomic E-state index is 0.877. The fraction of sp³-hybridized carbons (Fsp3) is 1.00. The van der Waals surface area contributed by atoms with Crippen molar-refractivity contribution in [3.05, 3.63) is 0 Å². The van der Waals surface area contributed by atoms with Crippen molar-refractivity contribution in [1.29, 1.82) is 0 Å². The minimum Gasteiger partial charge on any atom is -0.0628 e. The molecule has 0 aromatic rings. The van der Waals surface area contributed by atoms with Crippen LogP contribution in [0.4, 0.5) is 0 Å². The molecule has 4 unspecified atom stereocenters. The molecule has 0 heteroatoms. The van der Waals surface area contributed by atoms with Crippen LogP contribution < -0.4 is 0 Å². The van der Waals surface area contributed by atoms with E-state index in [0.717, 1.165) is 53.3 Å². The Hall–Kier alpha value is 0. The van der Waals surface area contributed by atoms with E-state index in [9.17, 15) is 0 Å². The van der Waals surface area contributed by atoms with Crippen molar-refractivity contribution >= 4 is 0 Å². The quantitative estimate of drug-likeness (QED) is 0.522. The van der Waals surface area contributed by atoms with Crippen LogP contribution in [-0.4, -0.2) is 0 Å². The highest BCUT2D eigenvalue weighted by Crippen LogP contribution is 2.47. The maximum atomic E-state index is 2.56. The van der Waals surface area contributed by atoms with Crippen molar-refractivity contribution in [2.75, 3.05) is 0 Å². The van der Waals surface area contributed by atoms with Crippen LogP contribution in [0.25, 0.3) is 0 Å². The molecular formula is C22H42. The van der Waals surface area contributed by atoms with Crippen molar-refractivity contribution in [1.82, 2.24) is 0 Å². The van der Waals surface area contributed by atoms with Gasteiger partial charge in [0.05, 0.1) is 0 Å². The van der Waals surface area contributed by atoms with Crippen LogP contribution in [-0.2, 0) is 0 Å². The Morgan fingerprint density at radius 2 is 1.14 bits per heavy atom. The Bertz CT molecular complexity index is 307. The zero-order valence-electron chi connectivity index (χ0n) is 16.4. The molecule has 0 spiro atoms. The third-order valence-electron chi connectivity index (χ3n) is 7.49. The second-order valence-electron chi connectivity index (χ2n) is 9.97. The third-order valence-corrected chi connectivity index (χ3v) is 7.49. The van der Waals surface area contributed by atoms with E-state index in [2.05, 4.69) is 48.5 Å². The maximum absolute atomic E-state index is 2.56. The molecule has 0 aromatic heterocycles. The van der Waals surface area contributed by atoms with E-state index in [1.165, 1.54) is 38.5 Å². The molecule has 2 aliphatic carbocycles. The van der Waals surface area contributed by atoms with Gasteiger partial charge in [0.1, 0.15) is 0 Å². The molecule has 0 nitrogen and oxygen atoms in total. The molecule has 0 heterocycles. The summed E-state index contributed by atoms with van der Waals surface area (Å²) in [7, 11) is 0. The number of rotatable bonds is 4. The summed E-state index contributed by atoms with van der Waals surface area (Å²) in [5.41, 5.74) is 0. The number of hydrogen-bond acceptors (Lipinski definition) is 0. The first kappa shape index (κ1) is 18.3. The predicted octanol–water partition coefficient (Wildman–Crippen LogP) is 7.04. The number of hydrogen-bond donors (Lipinski definition) is 0. The fourth-order valence-corrected chi connectivity index (χ4v) is 6.10. The van der Waals surface area contributed by atoms with Crippen molar-refractivity contribution in [2.24, 2.45) is 53.3 Å². The summed E-state index contributed by atoms with van der Waals surface area (Å²) < 4.78 is 0. The summed E-state index contributed by atoms with van der Waals surface area (Å²) in [5.74, 6) is 8.63. The van der Waals surface area contributed by atoms with Crippen molar-refractivity contribution in [3.8, 4) is 0 Å². The normalized spacial score (nSPS) is 46.9. The van der Waals surface area contributed by atoms with E-state index >= 15 is 0 Å². The lowest BCUT2D eigenvalue weighted by molar-refractivity contribution is 0.0614. The molecule has 0 aliphatic heterocycles. The summed E-state index contributed by atoms with van der Waals surface area (Å²) in [5, 5.41) is 0. The van der Waals surface area contributed by atoms with Crippen LogP contribution in [0.5, 0.6) is 0 Å². The van der Waals surface area contributed by atoms with Gasteiger partial charge < -0.3 is 0 Å². The van der Waals surface area contributed by atoms with Gasteiger partial charge in [-0.1, -0.05) is 48.5 Å². The maximum Gasteiger partial charge on any atom is -0.0360 e. The first-order valence-corrected chi connectivity index (χ1v) is 10.3. The molecule has 0 radical (unpaired) electrons. The van der Waals surface area contributed by atoms with Gasteiger partial charge in [-0.25, -0.2) is 0 Å². The van der Waals surface area contributed by atoms with Gasteiger partial charge in [0, 0.05) is 0 Å². The Morgan fingerprint density at radius 1 is 0.682 bits per heavy atom. The summed E-state index contributed by atoms with van der Waals surface area (Å²) in [6.45, 7) is 17.4. The minimum atomic E-state index is 0.877. The lowest BCUT2D eigenvalue weighted by Crippen LogP contribution is -2.35. The van der Waals surface area contributed by atoms with Crippen molar-refractivity contribution < 1.29 is 0 Å². The smallest absolute Gasteiger partial charge is 0.0360 e. The molecule has 2 fully saturated rings. The summed E-state index contributed by atoms with van der Waals surface area (Å²) in [6.07, 6.45) is 8.98. The van der Waals surface area contributed by atoms with Crippen LogP contribution >= 0.6 is 0 Å². The van der Waals surface area contributed by atoms with E-state index < -0.39 is 0 Å². The van der Waals surface area contributed by atoms with E-state index in [1.807, 2.05) is 0 Å². The summed E-state index contributed by atoms with van der Waals surface area (Å²) in [4.78, 5) is 0. The SMILES string of the molecule is CC(C)CC1CC(C)C(CC2CC(C)C(C)C(C)C2)C(C)C1. The van der Waals surface area contributed by atoms with Gasteiger partial charge in [-0.2, -0.15) is 0 Å². The molecule has 0 aromatic carbocycles. The zero-order chi connectivity index (χ0) is 16.4. The fourth-order valence-electron chi connectivity index (χ4n) is 6.10. The molecular weight excluding hydrogens is 264 g/mol. The van der Waals surface area contributed by atoms with Crippen molar-refractivity contribution in [3.63, 3.8) is 0 Å². The predicted molar refractivity (Wildman–Crippen MR) is 98.8 cm³/mol. The van der Waals surface area contributed by atoms with E-state index in [-0.39, 0.29) is 0 Å². The lowest BCUT2D eigenvalue weighted by Gasteiger charge is -2.44. The molecule has 0 amide bonds. The van der Waals surface area contributed by atoms with E-state index in [0.29, 0.717) is 0 Å². The lowest BCUT2D eigenvalue weighted by atomic mass is 9.61. The second-order valence-corrected chi connectivity index (χ2v) is 9.97. The van der Waals surface area contributed by atoms with Gasteiger partial charge in [-0.3, -0.25) is 0 Å². The second kappa shape index (κ2) is 7.71. The highest BCUT2D eigenvalue weighted by molar-refractivity contribution is 4.87. The van der Waals surface area contributed by atoms with Gasteiger partial charge in [-0.15, -0.1) is 0 Å². The Labute approximate surface area is 140 Å². The van der Waals surface area contributed by atoms with Crippen LogP contribution in [0.1, 0.15) is 87.0 Å². The van der Waals surface area contributed by atoms with E-state index in [4.69, 9.17) is 0 Å². The van der Waals surface area contributed by atoms with Gasteiger partial charge in [0.2, 0.25) is 0 Å². The zero-order valence-corrected chi connectivity index (χ0v) is 16.4. The molecule has 2 aliphatic rings. The highest BCUT2D eigenvalue weighted by atomic mass is 14.4. The van der Waals surface area contributed by atoms with Crippen molar-refractivity contribution in [2.45, 2.75) is 87.0 Å². The third kappa shape index (κ3) is 4.51. The van der Waals surface area contributed by atoms with Crippen LogP contribution in [0.3, 0.4) is 0 Å².